The molecule has 1 aromatic heterocycles. The molecule has 0 atom stereocenters. The van der Waals surface area contributed by atoms with E-state index in [2.05, 4.69) is 4.98 Å². The zero-order valence-corrected chi connectivity index (χ0v) is 9.07. The monoisotopic (exact) mass is 191 g/mol. The van der Waals surface area contributed by atoms with Crippen LogP contribution in [0.3, 0.4) is 0 Å². The van der Waals surface area contributed by atoms with Crippen molar-refractivity contribution in [3.63, 3.8) is 0 Å². The Labute approximate surface area is 93.4 Å². The number of hydrogen-bond donors (Lipinski definition) is 0. The summed E-state index contributed by atoms with van der Waals surface area (Å²) in [4.78, 5) is 14.3. The summed E-state index contributed by atoms with van der Waals surface area (Å²) in [6.07, 6.45) is 0. The SMILES string of the molecule is CC(C)(C)c1csc(C(=O)[O-])n1.[Li+]. The van der Waals surface area contributed by atoms with Gasteiger partial charge in [0, 0.05) is 10.8 Å². The molecule has 0 fully saturated rings. The quantitative estimate of drug-likeness (QED) is 0.474. The van der Waals surface area contributed by atoms with E-state index >= 15 is 0 Å². The molecule has 0 N–H and O–H groups in total. The van der Waals surface area contributed by atoms with Crippen molar-refractivity contribution in [3.05, 3.63) is 16.1 Å². The molecule has 0 amide bonds. The molecule has 0 unspecified atom stereocenters. The maximum atomic E-state index is 10.4. The second-order valence-corrected chi connectivity index (χ2v) is 4.43. The van der Waals surface area contributed by atoms with Crippen molar-refractivity contribution in [1.82, 2.24) is 4.98 Å². The molecule has 0 aliphatic rings. The third kappa shape index (κ3) is 3.15. The van der Waals surface area contributed by atoms with Crippen molar-refractivity contribution in [2.24, 2.45) is 0 Å². The van der Waals surface area contributed by atoms with E-state index in [0.717, 1.165) is 17.0 Å². The van der Waals surface area contributed by atoms with Gasteiger partial charge in [0.1, 0.15) is 11.0 Å². The predicted molar refractivity (Wildman–Crippen MR) is 45.1 cm³/mol. The van der Waals surface area contributed by atoms with Gasteiger partial charge in [0.25, 0.3) is 0 Å². The van der Waals surface area contributed by atoms with Crippen LogP contribution in [0.4, 0.5) is 0 Å². The van der Waals surface area contributed by atoms with Crippen LogP contribution in [0.25, 0.3) is 0 Å². The number of hydrogen-bond acceptors (Lipinski definition) is 4. The van der Waals surface area contributed by atoms with Crippen LogP contribution in [-0.4, -0.2) is 11.0 Å². The standard InChI is InChI=1S/C8H11NO2S.Li/c1-8(2,3)5-4-12-6(9-5)7(10)11;/h4H,1-3H3,(H,10,11);/q;+1/p-1. The van der Waals surface area contributed by atoms with E-state index < -0.39 is 5.97 Å². The van der Waals surface area contributed by atoms with Gasteiger partial charge in [-0.2, -0.15) is 0 Å². The van der Waals surface area contributed by atoms with Crippen molar-refractivity contribution in [2.45, 2.75) is 26.2 Å². The van der Waals surface area contributed by atoms with Gasteiger partial charge in [0.15, 0.2) is 0 Å². The largest absolute Gasteiger partial charge is 1.00 e. The molecule has 0 aromatic carbocycles. The van der Waals surface area contributed by atoms with E-state index in [1.165, 1.54) is 0 Å². The van der Waals surface area contributed by atoms with Crippen molar-refractivity contribution in [3.8, 4) is 0 Å². The minimum absolute atomic E-state index is 0. The Kier molecular flexibility index (Phi) is 4.17. The fraction of sp³-hybridized carbons (Fsp3) is 0.500. The van der Waals surface area contributed by atoms with Gasteiger partial charge in [-0.1, -0.05) is 20.8 Å². The molecular formula is C8H10LiNO2S. The average Bonchev–Trinajstić information content (AvgIpc) is 2.30. The molecule has 5 heteroatoms. The fourth-order valence-corrected chi connectivity index (χ4v) is 1.59. The minimum atomic E-state index is -1.20. The number of nitrogens with zero attached hydrogens (tertiary/aromatic N) is 1. The average molecular weight is 191 g/mol. The number of carbonyl (C=O) groups is 1. The van der Waals surface area contributed by atoms with Crippen molar-refractivity contribution in [1.29, 1.82) is 0 Å². The molecule has 1 rings (SSSR count). The summed E-state index contributed by atoms with van der Waals surface area (Å²) in [5.41, 5.74) is 0.705. The number of carboxylic acid groups (broad SMARTS) is 1. The number of thiazole rings is 1. The van der Waals surface area contributed by atoms with Crippen molar-refractivity contribution in [2.75, 3.05) is 0 Å². The normalized spacial score (nSPS) is 10.7. The molecule has 0 aliphatic heterocycles. The maximum Gasteiger partial charge on any atom is 1.00 e. The zero-order chi connectivity index (χ0) is 9.35. The van der Waals surface area contributed by atoms with Gasteiger partial charge in [-0.05, 0) is 0 Å². The Morgan fingerprint density at radius 2 is 2.08 bits per heavy atom. The first-order valence-corrected chi connectivity index (χ1v) is 4.46. The van der Waals surface area contributed by atoms with E-state index in [1.807, 2.05) is 20.8 Å². The molecular weight excluding hydrogens is 181 g/mol. The van der Waals surface area contributed by atoms with E-state index in [-0.39, 0.29) is 29.3 Å². The van der Waals surface area contributed by atoms with Crippen LogP contribution in [-0.2, 0) is 5.41 Å². The molecule has 66 valence electrons. The van der Waals surface area contributed by atoms with Crippen molar-refractivity contribution < 1.29 is 28.8 Å². The van der Waals surface area contributed by atoms with E-state index in [9.17, 15) is 9.90 Å². The van der Waals surface area contributed by atoms with Crippen LogP contribution in [0.5, 0.6) is 0 Å². The Bertz CT molecular complexity index is 303. The Morgan fingerprint density at radius 3 is 2.31 bits per heavy atom. The van der Waals surface area contributed by atoms with Gasteiger partial charge in [-0.25, -0.2) is 4.98 Å². The first kappa shape index (κ1) is 12.7. The second-order valence-electron chi connectivity index (χ2n) is 3.58. The molecule has 1 heterocycles. The summed E-state index contributed by atoms with van der Waals surface area (Å²) < 4.78 is 0. The molecule has 13 heavy (non-hydrogen) atoms. The summed E-state index contributed by atoms with van der Waals surface area (Å²) in [5.74, 6) is -1.20. The Balaban J connectivity index is 0.00000144. The molecule has 0 saturated carbocycles. The van der Waals surface area contributed by atoms with Crippen LogP contribution in [0.2, 0.25) is 0 Å². The van der Waals surface area contributed by atoms with Gasteiger partial charge >= 0.3 is 18.9 Å². The Morgan fingerprint density at radius 1 is 1.54 bits per heavy atom. The molecule has 0 spiro atoms. The van der Waals surface area contributed by atoms with E-state index in [4.69, 9.17) is 0 Å². The van der Waals surface area contributed by atoms with Crippen LogP contribution in [0.1, 0.15) is 36.3 Å². The molecule has 0 radical (unpaired) electrons. The van der Waals surface area contributed by atoms with Crippen molar-refractivity contribution >= 4 is 17.3 Å². The Hall–Kier alpha value is -0.303. The number of aromatic nitrogens is 1. The number of rotatable bonds is 1. The predicted octanol–water partition coefficient (Wildman–Crippen LogP) is -2.19. The molecule has 3 nitrogen and oxygen atoms in total. The maximum absolute atomic E-state index is 10.4. The molecule has 0 aliphatic carbocycles. The van der Waals surface area contributed by atoms with Gasteiger partial charge in [0.05, 0.1) is 5.69 Å². The van der Waals surface area contributed by atoms with Crippen LogP contribution < -0.4 is 24.0 Å². The number of aromatic carboxylic acids is 1. The summed E-state index contributed by atoms with van der Waals surface area (Å²) in [6.45, 7) is 5.96. The third-order valence-electron chi connectivity index (χ3n) is 1.45. The molecule has 0 saturated heterocycles. The third-order valence-corrected chi connectivity index (χ3v) is 2.27. The minimum Gasteiger partial charge on any atom is -0.542 e. The zero-order valence-electron chi connectivity index (χ0n) is 8.25. The molecule has 0 bridgehead atoms. The van der Waals surface area contributed by atoms with E-state index in [0.29, 0.717) is 0 Å². The number of carboxylic acids is 1. The van der Waals surface area contributed by atoms with E-state index in [1.54, 1.807) is 5.38 Å². The van der Waals surface area contributed by atoms with Gasteiger partial charge in [-0.3, -0.25) is 0 Å². The van der Waals surface area contributed by atoms with Crippen LogP contribution >= 0.6 is 11.3 Å². The smallest absolute Gasteiger partial charge is 0.542 e. The first-order chi connectivity index (χ1) is 5.41. The number of carbonyl (C=O) groups excluding carboxylic acids is 1. The topological polar surface area (TPSA) is 53.0 Å². The first-order valence-electron chi connectivity index (χ1n) is 3.58. The van der Waals surface area contributed by atoms with Gasteiger partial charge in [0.2, 0.25) is 0 Å². The summed E-state index contributed by atoms with van der Waals surface area (Å²) in [7, 11) is 0. The fourth-order valence-electron chi connectivity index (χ4n) is 0.712. The summed E-state index contributed by atoms with van der Waals surface area (Å²) >= 11 is 1.11. The van der Waals surface area contributed by atoms with Gasteiger partial charge in [-0.15, -0.1) is 11.3 Å². The van der Waals surface area contributed by atoms with Gasteiger partial charge < -0.3 is 9.90 Å². The van der Waals surface area contributed by atoms with Crippen LogP contribution in [0.15, 0.2) is 5.38 Å². The second kappa shape index (κ2) is 4.27. The summed E-state index contributed by atoms with van der Waals surface area (Å²) in [5, 5.41) is 12.2. The summed E-state index contributed by atoms with van der Waals surface area (Å²) in [6, 6.07) is 0. The van der Waals surface area contributed by atoms with Crippen LogP contribution in [0, 0.1) is 0 Å². The molecule has 1 aromatic rings.